The van der Waals surface area contributed by atoms with E-state index in [2.05, 4.69) is 14.8 Å². The van der Waals surface area contributed by atoms with E-state index in [0.717, 1.165) is 30.4 Å². The Balaban J connectivity index is 1.54. The Hall–Kier alpha value is -1.13. The zero-order chi connectivity index (χ0) is 14.7. The van der Waals surface area contributed by atoms with Gasteiger partial charge in [0, 0.05) is 25.8 Å². The van der Waals surface area contributed by atoms with Crippen molar-refractivity contribution >= 4 is 5.82 Å². The molecular formula is C17H27N3O. The van der Waals surface area contributed by atoms with Gasteiger partial charge in [-0.3, -0.25) is 0 Å². The highest BCUT2D eigenvalue weighted by Gasteiger charge is 2.23. The van der Waals surface area contributed by atoms with Crippen LogP contribution in [-0.2, 0) is 0 Å². The van der Waals surface area contributed by atoms with Gasteiger partial charge >= 0.3 is 0 Å². The second-order valence-electron chi connectivity index (χ2n) is 6.56. The molecule has 1 atom stereocenters. The fraction of sp³-hybridized carbons (Fsp3) is 0.706. The summed E-state index contributed by atoms with van der Waals surface area (Å²) in [6, 6.07) is 3.93. The molecule has 1 aromatic rings. The predicted molar refractivity (Wildman–Crippen MR) is 85.5 cm³/mol. The maximum atomic E-state index is 9.70. The maximum Gasteiger partial charge on any atom is 0.128 e. The highest BCUT2D eigenvalue weighted by atomic mass is 16.3. The molecule has 2 fully saturated rings. The average molecular weight is 289 g/mol. The number of anilines is 1. The van der Waals surface area contributed by atoms with Crippen molar-refractivity contribution in [1.29, 1.82) is 0 Å². The summed E-state index contributed by atoms with van der Waals surface area (Å²) in [5.74, 6) is 1.87. The van der Waals surface area contributed by atoms with Crippen LogP contribution in [0.15, 0.2) is 18.3 Å². The second-order valence-corrected chi connectivity index (χ2v) is 6.56. The number of hydrogen-bond donors (Lipinski definition) is 1. The standard InChI is InChI=1S/C17H27N3O/c1-14(21)16-4-7-18-17(12-16)20-10-5-15(6-11-20)13-19-8-2-3-9-19/h4,7,12,14-15,21H,2-3,5-6,8-11,13H2,1H3/t14-/m1/s1. The normalized spacial score (nSPS) is 22.7. The molecule has 116 valence electrons. The minimum Gasteiger partial charge on any atom is -0.389 e. The number of nitrogens with zero attached hydrogens (tertiary/aromatic N) is 3. The third-order valence-electron chi connectivity index (χ3n) is 4.91. The second kappa shape index (κ2) is 6.75. The van der Waals surface area contributed by atoms with Crippen LogP contribution in [0.5, 0.6) is 0 Å². The van der Waals surface area contributed by atoms with Gasteiger partial charge in [0.1, 0.15) is 5.82 Å². The van der Waals surface area contributed by atoms with Crippen LogP contribution >= 0.6 is 0 Å². The van der Waals surface area contributed by atoms with Gasteiger partial charge in [0.05, 0.1) is 6.10 Å². The molecule has 1 aromatic heterocycles. The van der Waals surface area contributed by atoms with Gasteiger partial charge in [-0.15, -0.1) is 0 Å². The van der Waals surface area contributed by atoms with Gasteiger partial charge in [0.2, 0.25) is 0 Å². The molecule has 2 aliphatic rings. The van der Waals surface area contributed by atoms with E-state index in [1.54, 1.807) is 6.92 Å². The van der Waals surface area contributed by atoms with Gasteiger partial charge in [-0.05, 0) is 69.3 Å². The molecule has 3 heterocycles. The monoisotopic (exact) mass is 289 g/mol. The molecule has 0 radical (unpaired) electrons. The van der Waals surface area contributed by atoms with Gasteiger partial charge in [-0.1, -0.05) is 0 Å². The third-order valence-corrected chi connectivity index (χ3v) is 4.91. The highest BCUT2D eigenvalue weighted by Crippen LogP contribution is 2.25. The molecule has 0 amide bonds. The van der Waals surface area contributed by atoms with Crippen molar-refractivity contribution in [2.45, 2.75) is 38.7 Å². The molecule has 0 unspecified atom stereocenters. The van der Waals surface area contributed by atoms with E-state index in [9.17, 15) is 5.11 Å². The van der Waals surface area contributed by atoms with Crippen molar-refractivity contribution in [3.63, 3.8) is 0 Å². The number of likely N-dealkylation sites (tertiary alicyclic amines) is 1. The first-order valence-corrected chi connectivity index (χ1v) is 8.33. The Kier molecular flexibility index (Phi) is 4.76. The molecule has 0 bridgehead atoms. The quantitative estimate of drug-likeness (QED) is 0.924. The van der Waals surface area contributed by atoms with Crippen molar-refractivity contribution in [1.82, 2.24) is 9.88 Å². The summed E-state index contributed by atoms with van der Waals surface area (Å²) in [7, 11) is 0. The summed E-state index contributed by atoms with van der Waals surface area (Å²) in [4.78, 5) is 9.48. The fourth-order valence-electron chi connectivity index (χ4n) is 3.54. The molecule has 21 heavy (non-hydrogen) atoms. The summed E-state index contributed by atoms with van der Waals surface area (Å²) in [5.41, 5.74) is 0.958. The lowest BCUT2D eigenvalue weighted by molar-refractivity contribution is 0.199. The number of pyridine rings is 1. The summed E-state index contributed by atoms with van der Waals surface area (Å²) in [6.45, 7) is 7.89. The van der Waals surface area contributed by atoms with Gasteiger partial charge in [-0.2, -0.15) is 0 Å². The molecular weight excluding hydrogens is 262 g/mol. The van der Waals surface area contributed by atoms with Crippen molar-refractivity contribution in [2.24, 2.45) is 5.92 Å². The molecule has 3 rings (SSSR count). The minimum atomic E-state index is -0.417. The highest BCUT2D eigenvalue weighted by molar-refractivity contribution is 5.41. The number of aromatic nitrogens is 1. The lowest BCUT2D eigenvalue weighted by Crippen LogP contribution is -2.38. The molecule has 2 saturated heterocycles. The van der Waals surface area contributed by atoms with E-state index in [4.69, 9.17) is 0 Å². The molecule has 0 spiro atoms. The Morgan fingerprint density at radius 2 is 1.95 bits per heavy atom. The topological polar surface area (TPSA) is 39.6 Å². The number of aliphatic hydroxyl groups is 1. The van der Waals surface area contributed by atoms with Crippen LogP contribution < -0.4 is 4.90 Å². The predicted octanol–water partition coefficient (Wildman–Crippen LogP) is 2.45. The van der Waals surface area contributed by atoms with E-state index in [-0.39, 0.29) is 0 Å². The van der Waals surface area contributed by atoms with Gasteiger partial charge in [0.15, 0.2) is 0 Å². The molecule has 4 heteroatoms. The van der Waals surface area contributed by atoms with Crippen LogP contribution in [0.25, 0.3) is 0 Å². The zero-order valence-electron chi connectivity index (χ0n) is 13.0. The van der Waals surface area contributed by atoms with Crippen molar-refractivity contribution in [3.05, 3.63) is 23.9 Å². The van der Waals surface area contributed by atoms with E-state index >= 15 is 0 Å². The Labute approximate surface area is 127 Å². The van der Waals surface area contributed by atoms with E-state index in [1.165, 1.54) is 45.3 Å². The molecule has 4 nitrogen and oxygen atoms in total. The van der Waals surface area contributed by atoms with Crippen LogP contribution in [0.3, 0.4) is 0 Å². The summed E-state index contributed by atoms with van der Waals surface area (Å²) in [6.07, 6.45) is 6.69. The number of hydrogen-bond acceptors (Lipinski definition) is 4. The summed E-state index contributed by atoms with van der Waals surface area (Å²) in [5, 5.41) is 9.70. The van der Waals surface area contributed by atoms with E-state index < -0.39 is 6.10 Å². The van der Waals surface area contributed by atoms with Crippen molar-refractivity contribution in [3.8, 4) is 0 Å². The van der Waals surface area contributed by atoms with E-state index in [1.807, 2.05) is 18.3 Å². The Morgan fingerprint density at radius 3 is 2.62 bits per heavy atom. The number of piperidine rings is 1. The fourth-order valence-corrected chi connectivity index (χ4v) is 3.54. The van der Waals surface area contributed by atoms with Crippen LogP contribution in [0.2, 0.25) is 0 Å². The number of rotatable bonds is 4. The first-order valence-electron chi connectivity index (χ1n) is 8.33. The molecule has 1 N–H and O–H groups in total. The van der Waals surface area contributed by atoms with Gasteiger partial charge in [-0.25, -0.2) is 4.98 Å². The minimum absolute atomic E-state index is 0.417. The van der Waals surface area contributed by atoms with Crippen LogP contribution in [0.4, 0.5) is 5.82 Å². The zero-order valence-corrected chi connectivity index (χ0v) is 13.0. The molecule has 0 aliphatic carbocycles. The van der Waals surface area contributed by atoms with Crippen molar-refractivity contribution < 1.29 is 5.11 Å². The Morgan fingerprint density at radius 1 is 1.24 bits per heavy atom. The largest absolute Gasteiger partial charge is 0.389 e. The summed E-state index contributed by atoms with van der Waals surface area (Å²) < 4.78 is 0. The summed E-state index contributed by atoms with van der Waals surface area (Å²) >= 11 is 0. The lowest BCUT2D eigenvalue weighted by atomic mass is 9.96. The molecule has 0 aromatic carbocycles. The first kappa shape index (κ1) is 14.8. The van der Waals surface area contributed by atoms with Crippen LogP contribution in [-0.4, -0.2) is 47.7 Å². The van der Waals surface area contributed by atoms with Crippen LogP contribution in [0, 0.1) is 5.92 Å². The third kappa shape index (κ3) is 3.74. The average Bonchev–Trinajstić information content (AvgIpc) is 3.01. The van der Waals surface area contributed by atoms with E-state index in [0.29, 0.717) is 0 Å². The van der Waals surface area contributed by atoms with Crippen LogP contribution in [0.1, 0.15) is 44.3 Å². The molecule has 2 aliphatic heterocycles. The first-order chi connectivity index (χ1) is 10.2. The molecule has 0 saturated carbocycles. The Bertz CT molecular complexity index is 449. The van der Waals surface area contributed by atoms with Gasteiger partial charge in [0.25, 0.3) is 0 Å². The number of aliphatic hydroxyl groups excluding tert-OH is 1. The van der Waals surface area contributed by atoms with Crippen molar-refractivity contribution in [2.75, 3.05) is 37.6 Å². The SMILES string of the molecule is C[C@@H](O)c1ccnc(N2CCC(CN3CCCC3)CC2)c1. The smallest absolute Gasteiger partial charge is 0.128 e. The lowest BCUT2D eigenvalue weighted by Gasteiger charge is -2.34. The maximum absolute atomic E-state index is 9.70. The van der Waals surface area contributed by atoms with Gasteiger partial charge < -0.3 is 14.9 Å².